The van der Waals surface area contributed by atoms with Gasteiger partial charge >= 0.3 is 7.60 Å². The van der Waals surface area contributed by atoms with Crippen molar-refractivity contribution in [3.05, 3.63) is 11.5 Å². The van der Waals surface area contributed by atoms with Crippen molar-refractivity contribution >= 4 is 25.2 Å². The number of hydrogen-bond acceptors (Lipinski definition) is 9. The van der Waals surface area contributed by atoms with E-state index in [1.54, 1.807) is 0 Å². The van der Waals surface area contributed by atoms with Gasteiger partial charge in [0.1, 0.15) is 42.0 Å². The highest BCUT2D eigenvalue weighted by Gasteiger charge is 2.54. The first-order valence-electron chi connectivity index (χ1n) is 7.44. The van der Waals surface area contributed by atoms with E-state index >= 15 is 0 Å². The zero-order valence-corrected chi connectivity index (χ0v) is 13.9. The summed E-state index contributed by atoms with van der Waals surface area (Å²) >= 11 is 0. The maximum Gasteiger partial charge on any atom is 0.339 e. The number of carbonyl (C=O) groups excluding carboxylic acids is 2. The normalized spacial score (nSPS) is 35.1. The number of aromatic nitrogens is 2. The number of hydrogen-bond donors (Lipinski definition) is 8. The van der Waals surface area contributed by atoms with Crippen molar-refractivity contribution < 1.29 is 44.0 Å². The first kappa shape index (κ1) is 18.9. The molecule has 3 heterocycles. The molecule has 144 valence electrons. The number of rotatable bonds is 4. The predicted molar refractivity (Wildman–Crippen MR) is 81.4 cm³/mol. The molecule has 2 fully saturated rings. The summed E-state index contributed by atoms with van der Waals surface area (Å²) in [6, 6.07) is 0. The van der Waals surface area contributed by atoms with Gasteiger partial charge in [-0.25, -0.2) is 4.98 Å². The van der Waals surface area contributed by atoms with Crippen LogP contribution in [0.25, 0.3) is 0 Å². The summed E-state index contributed by atoms with van der Waals surface area (Å²) in [6.45, 7) is -0.574. The number of H-pyrrole nitrogens is 1. The van der Waals surface area contributed by atoms with E-state index in [1.165, 1.54) is 0 Å². The van der Waals surface area contributed by atoms with Crippen molar-refractivity contribution in [2.24, 2.45) is 0 Å². The number of imide groups is 1. The third-order valence-electron chi connectivity index (χ3n) is 4.38. The van der Waals surface area contributed by atoms with Gasteiger partial charge < -0.3 is 40.6 Å². The molecule has 1 aromatic heterocycles. The van der Waals surface area contributed by atoms with E-state index in [-0.39, 0.29) is 17.3 Å². The Kier molecular flexibility index (Phi) is 4.65. The van der Waals surface area contributed by atoms with Crippen molar-refractivity contribution in [2.45, 2.75) is 36.0 Å². The van der Waals surface area contributed by atoms with Crippen LogP contribution in [0.3, 0.4) is 0 Å². The van der Waals surface area contributed by atoms with E-state index in [1.807, 2.05) is 5.32 Å². The van der Waals surface area contributed by atoms with Crippen molar-refractivity contribution in [3.8, 4) is 0 Å². The van der Waals surface area contributed by atoms with Gasteiger partial charge in [0.25, 0.3) is 0 Å². The molecule has 2 saturated heterocycles. The summed E-state index contributed by atoms with van der Waals surface area (Å²) in [7, 11) is -4.98. The smallest absolute Gasteiger partial charge is 0.339 e. The maximum atomic E-state index is 12.0. The molecule has 3 rings (SSSR count). The average Bonchev–Trinajstić information content (AvgIpc) is 3.14. The van der Waals surface area contributed by atoms with Gasteiger partial charge in [0.15, 0.2) is 5.66 Å². The lowest BCUT2D eigenvalue weighted by atomic mass is 10.1. The molecule has 0 saturated carbocycles. The SMILES string of the molecule is Nc1nc(C2C(=O)NC(=O)C2P(=O)(O)O)[nH]c1C1O[C@H](CO)[C@@H](O)[C@H]1O. The van der Waals surface area contributed by atoms with Crippen LogP contribution in [-0.2, 0) is 18.9 Å². The van der Waals surface area contributed by atoms with E-state index in [2.05, 4.69) is 9.97 Å². The summed E-state index contributed by atoms with van der Waals surface area (Å²) in [4.78, 5) is 48.8. The molecule has 0 aromatic carbocycles. The fraction of sp³-hybridized carbons (Fsp3) is 0.583. The molecule has 26 heavy (non-hydrogen) atoms. The van der Waals surface area contributed by atoms with Crippen LogP contribution in [0.4, 0.5) is 5.82 Å². The van der Waals surface area contributed by atoms with Crippen LogP contribution >= 0.6 is 7.60 Å². The number of carbonyl (C=O) groups is 2. The van der Waals surface area contributed by atoms with Gasteiger partial charge in [-0.05, 0) is 0 Å². The summed E-state index contributed by atoms with van der Waals surface area (Å²) in [6.07, 6.45) is -5.19. The van der Waals surface area contributed by atoms with Crippen molar-refractivity contribution in [2.75, 3.05) is 12.3 Å². The minimum atomic E-state index is -4.98. The zero-order chi connectivity index (χ0) is 19.4. The molecule has 1 aromatic rings. The average molecular weight is 392 g/mol. The molecule has 13 nitrogen and oxygen atoms in total. The Hall–Kier alpha value is -1.86. The summed E-state index contributed by atoms with van der Waals surface area (Å²) in [5, 5.41) is 30.8. The molecular weight excluding hydrogens is 375 g/mol. The second-order valence-corrected chi connectivity index (χ2v) is 7.78. The third kappa shape index (κ3) is 2.93. The van der Waals surface area contributed by atoms with Gasteiger partial charge in [-0.1, -0.05) is 0 Å². The third-order valence-corrected chi connectivity index (χ3v) is 5.63. The molecule has 14 heteroatoms. The Bertz CT molecular complexity index is 792. The Morgan fingerprint density at radius 2 is 1.85 bits per heavy atom. The van der Waals surface area contributed by atoms with E-state index in [0.29, 0.717) is 0 Å². The number of aliphatic hydroxyl groups is 3. The number of nitrogens with two attached hydrogens (primary N) is 1. The second kappa shape index (κ2) is 6.39. The van der Waals surface area contributed by atoms with Crippen LogP contribution in [0.15, 0.2) is 0 Å². The largest absolute Gasteiger partial charge is 0.394 e. The molecule has 0 radical (unpaired) electrons. The number of amides is 2. The van der Waals surface area contributed by atoms with Crippen molar-refractivity contribution in [3.63, 3.8) is 0 Å². The van der Waals surface area contributed by atoms with E-state index in [4.69, 9.17) is 15.6 Å². The standard InChI is InChI=1S/C12H17N4O9P/c13-9-4(7-6(19)5(18)2(1-17)25-7)14-10(15-9)3-8(26(22,23)24)12(21)16-11(3)20/h2-3,5-8,17-19H,1,13H2,(H,14,15)(H,16,20,21)(H2,22,23,24)/t2-,3?,5-,6-,7?,8?/m1/s1. The Morgan fingerprint density at radius 3 is 2.38 bits per heavy atom. The van der Waals surface area contributed by atoms with Crippen LogP contribution in [-0.4, -0.2) is 77.5 Å². The molecule has 0 aliphatic carbocycles. The van der Waals surface area contributed by atoms with Crippen LogP contribution in [0.2, 0.25) is 0 Å². The molecule has 0 spiro atoms. The lowest BCUT2D eigenvalue weighted by Crippen LogP contribution is -2.32. The topological polar surface area (TPSA) is 228 Å². The minimum Gasteiger partial charge on any atom is -0.394 e. The van der Waals surface area contributed by atoms with Gasteiger partial charge in [0.2, 0.25) is 11.8 Å². The first-order chi connectivity index (χ1) is 12.1. The number of aliphatic hydroxyl groups excluding tert-OH is 3. The lowest BCUT2D eigenvalue weighted by molar-refractivity contribution is -0.125. The van der Waals surface area contributed by atoms with Crippen LogP contribution in [0, 0.1) is 0 Å². The van der Waals surface area contributed by atoms with Crippen molar-refractivity contribution in [1.29, 1.82) is 0 Å². The molecule has 9 N–H and O–H groups in total. The van der Waals surface area contributed by atoms with Gasteiger partial charge in [0.05, 0.1) is 12.3 Å². The fourth-order valence-corrected chi connectivity index (χ4v) is 4.15. The molecule has 6 atom stereocenters. The summed E-state index contributed by atoms with van der Waals surface area (Å²) < 4.78 is 16.9. The number of nitrogens with zero attached hydrogens (tertiary/aromatic N) is 1. The van der Waals surface area contributed by atoms with E-state index < -0.39 is 62.0 Å². The highest BCUT2D eigenvalue weighted by Crippen LogP contribution is 2.50. The number of aromatic amines is 1. The number of imidazole rings is 1. The van der Waals surface area contributed by atoms with Crippen LogP contribution in [0.5, 0.6) is 0 Å². The number of nitrogen functional groups attached to an aromatic ring is 1. The highest BCUT2D eigenvalue weighted by molar-refractivity contribution is 7.54. The highest BCUT2D eigenvalue weighted by atomic mass is 31.2. The Balaban J connectivity index is 1.97. The zero-order valence-electron chi connectivity index (χ0n) is 13.0. The van der Waals surface area contributed by atoms with Gasteiger partial charge in [-0.15, -0.1) is 0 Å². The first-order valence-corrected chi connectivity index (χ1v) is 9.12. The minimum absolute atomic E-state index is 0.0564. The number of anilines is 1. The number of nitrogens with one attached hydrogen (secondary N) is 2. The maximum absolute atomic E-state index is 12.0. The van der Waals surface area contributed by atoms with Gasteiger partial charge in [-0.3, -0.25) is 19.5 Å². The molecule has 3 unspecified atom stereocenters. The molecule has 2 aliphatic heterocycles. The summed E-state index contributed by atoms with van der Waals surface area (Å²) in [5.74, 6) is -4.28. The molecular formula is C12H17N4O9P. The van der Waals surface area contributed by atoms with Gasteiger partial charge in [-0.2, -0.15) is 0 Å². The predicted octanol–water partition coefficient (Wildman–Crippen LogP) is -3.57. The van der Waals surface area contributed by atoms with Gasteiger partial charge in [0, 0.05) is 0 Å². The van der Waals surface area contributed by atoms with E-state index in [0.717, 1.165) is 0 Å². The quantitative estimate of drug-likeness (QED) is 0.184. The van der Waals surface area contributed by atoms with Crippen LogP contribution in [0.1, 0.15) is 23.5 Å². The fourth-order valence-electron chi connectivity index (χ4n) is 3.11. The van der Waals surface area contributed by atoms with Crippen LogP contribution < -0.4 is 11.1 Å². The monoisotopic (exact) mass is 392 g/mol. The summed E-state index contributed by atoms with van der Waals surface area (Å²) in [5.41, 5.74) is 3.70. The second-order valence-electron chi connectivity index (χ2n) is 6.04. The van der Waals surface area contributed by atoms with Crippen molar-refractivity contribution in [1.82, 2.24) is 15.3 Å². The molecule has 2 amide bonds. The molecule has 0 bridgehead atoms. The Labute approximate surface area is 145 Å². The lowest BCUT2D eigenvalue weighted by Gasteiger charge is -2.15. The Morgan fingerprint density at radius 1 is 1.19 bits per heavy atom. The number of ether oxygens (including phenoxy) is 1. The molecule has 2 aliphatic rings. The van der Waals surface area contributed by atoms with E-state index in [9.17, 15) is 34.2 Å².